The highest BCUT2D eigenvalue weighted by molar-refractivity contribution is 7.12. The normalized spacial score (nSPS) is 25.0. The number of hydrogen-bond acceptors (Lipinski definition) is 5. The number of amides is 1. The van der Waals surface area contributed by atoms with Gasteiger partial charge in [0.05, 0.1) is 28.8 Å². The fourth-order valence-corrected chi connectivity index (χ4v) is 4.68. The molecule has 0 bridgehead atoms. The molecule has 7 heteroatoms. The number of carbonyl (C=O) groups excluding carboxylic acids is 1. The molecule has 28 heavy (non-hydrogen) atoms. The van der Waals surface area contributed by atoms with Crippen LogP contribution in [0.15, 0.2) is 54.0 Å². The van der Waals surface area contributed by atoms with E-state index in [-0.39, 0.29) is 18.0 Å². The maximum atomic E-state index is 13.3. The average Bonchev–Trinajstić information content (AvgIpc) is 3.22. The number of aromatic nitrogens is 3. The van der Waals surface area contributed by atoms with Gasteiger partial charge in [0, 0.05) is 25.1 Å². The van der Waals surface area contributed by atoms with Crippen molar-refractivity contribution in [3.63, 3.8) is 0 Å². The molecule has 1 aromatic carbocycles. The first-order chi connectivity index (χ1) is 13.7. The van der Waals surface area contributed by atoms with Gasteiger partial charge in [0.2, 0.25) is 0 Å². The number of aliphatic hydroxyl groups is 1. The fourth-order valence-electron chi connectivity index (χ4n) is 4.00. The first-order valence-electron chi connectivity index (χ1n) is 9.70. The zero-order chi connectivity index (χ0) is 19.1. The summed E-state index contributed by atoms with van der Waals surface area (Å²) in [4.78, 5) is 15.9. The van der Waals surface area contributed by atoms with E-state index in [9.17, 15) is 9.90 Å². The summed E-state index contributed by atoms with van der Waals surface area (Å²) in [6.45, 7) is 0.408. The summed E-state index contributed by atoms with van der Waals surface area (Å²) >= 11 is 1.45. The van der Waals surface area contributed by atoms with E-state index in [0.717, 1.165) is 24.1 Å². The highest BCUT2D eigenvalue weighted by Crippen LogP contribution is 2.40. The minimum Gasteiger partial charge on any atom is -0.391 e. The van der Waals surface area contributed by atoms with Crippen LogP contribution < -0.4 is 0 Å². The van der Waals surface area contributed by atoms with Gasteiger partial charge in [-0.15, -0.1) is 16.4 Å². The van der Waals surface area contributed by atoms with Crippen molar-refractivity contribution in [3.05, 3.63) is 70.2 Å². The van der Waals surface area contributed by atoms with E-state index < -0.39 is 6.10 Å². The van der Waals surface area contributed by atoms with Gasteiger partial charge in [-0.3, -0.25) is 4.79 Å². The second kappa shape index (κ2) is 7.14. The Morgan fingerprint density at radius 3 is 2.68 bits per heavy atom. The number of carbonyl (C=O) groups is 1. The van der Waals surface area contributed by atoms with Crippen LogP contribution in [0.1, 0.15) is 58.2 Å². The molecular weight excluding hydrogens is 372 g/mol. The Morgan fingerprint density at radius 2 is 1.96 bits per heavy atom. The fraction of sp³-hybridized carbons (Fsp3) is 0.381. The number of rotatable bonds is 4. The van der Waals surface area contributed by atoms with E-state index in [1.807, 2.05) is 58.9 Å². The SMILES string of the molecule is O=C(c1cccs1)N1C[C@@H](n2cc(C3CC3)nn2)[C@@H](O)C[C@@H]1c1ccccc1. The summed E-state index contributed by atoms with van der Waals surface area (Å²) in [5, 5.41) is 21.4. The maximum Gasteiger partial charge on any atom is 0.264 e. The molecule has 1 saturated carbocycles. The Morgan fingerprint density at radius 1 is 1.14 bits per heavy atom. The molecule has 1 aliphatic heterocycles. The van der Waals surface area contributed by atoms with Crippen LogP contribution in [0.4, 0.5) is 0 Å². The second-order valence-electron chi connectivity index (χ2n) is 7.63. The van der Waals surface area contributed by atoms with Crippen molar-refractivity contribution in [2.45, 2.75) is 43.4 Å². The van der Waals surface area contributed by atoms with Crippen molar-refractivity contribution in [1.29, 1.82) is 0 Å². The Hall–Kier alpha value is -2.51. The largest absolute Gasteiger partial charge is 0.391 e. The Kier molecular flexibility index (Phi) is 4.49. The molecule has 2 aliphatic rings. The van der Waals surface area contributed by atoms with Gasteiger partial charge in [0.1, 0.15) is 0 Å². The molecule has 1 saturated heterocycles. The summed E-state index contributed by atoms with van der Waals surface area (Å²) in [5.41, 5.74) is 2.04. The molecule has 6 nitrogen and oxygen atoms in total. The van der Waals surface area contributed by atoms with Crippen LogP contribution in [0.5, 0.6) is 0 Å². The number of benzene rings is 1. The molecule has 144 valence electrons. The number of piperidine rings is 1. The molecule has 1 N–H and O–H groups in total. The third-order valence-corrected chi connectivity index (χ3v) is 6.57. The molecule has 5 rings (SSSR count). The highest BCUT2D eigenvalue weighted by atomic mass is 32.1. The van der Waals surface area contributed by atoms with Crippen LogP contribution in [0, 0.1) is 0 Å². The molecule has 2 fully saturated rings. The molecular formula is C21H22N4O2S. The van der Waals surface area contributed by atoms with Gasteiger partial charge in [-0.25, -0.2) is 4.68 Å². The van der Waals surface area contributed by atoms with Gasteiger partial charge < -0.3 is 10.0 Å². The smallest absolute Gasteiger partial charge is 0.264 e. The highest BCUT2D eigenvalue weighted by Gasteiger charge is 2.40. The first kappa shape index (κ1) is 17.6. The standard InChI is InChI=1S/C21H22N4O2S/c26-19-11-17(15-5-2-1-3-6-15)24(21(27)20-7-4-10-28-20)13-18(19)25-12-16(22-23-25)14-8-9-14/h1-7,10,12,14,17-19,26H,8-9,11,13H2/t17-,18-,19+/m1/s1. The Balaban J connectivity index is 1.47. The predicted molar refractivity (Wildman–Crippen MR) is 106 cm³/mol. The van der Waals surface area contributed by atoms with Gasteiger partial charge in [-0.1, -0.05) is 41.6 Å². The third-order valence-electron chi connectivity index (χ3n) is 5.71. The zero-order valence-electron chi connectivity index (χ0n) is 15.4. The third kappa shape index (κ3) is 3.25. The van der Waals surface area contributed by atoms with Crippen LogP contribution in [0.25, 0.3) is 0 Å². The summed E-state index contributed by atoms with van der Waals surface area (Å²) in [7, 11) is 0. The van der Waals surface area contributed by atoms with Crippen molar-refractivity contribution in [3.8, 4) is 0 Å². The zero-order valence-corrected chi connectivity index (χ0v) is 16.2. The van der Waals surface area contributed by atoms with E-state index in [1.165, 1.54) is 11.3 Å². The van der Waals surface area contributed by atoms with Crippen LogP contribution in [-0.2, 0) is 0 Å². The molecule has 1 aliphatic carbocycles. The van der Waals surface area contributed by atoms with Crippen molar-refractivity contribution in [2.24, 2.45) is 0 Å². The van der Waals surface area contributed by atoms with E-state index in [4.69, 9.17) is 0 Å². The van der Waals surface area contributed by atoms with E-state index in [1.54, 1.807) is 4.68 Å². The minimum atomic E-state index is -0.591. The van der Waals surface area contributed by atoms with Crippen LogP contribution in [0.2, 0.25) is 0 Å². The lowest BCUT2D eigenvalue weighted by Crippen LogP contribution is -2.48. The molecule has 0 spiro atoms. The molecule has 1 amide bonds. The van der Waals surface area contributed by atoms with Gasteiger partial charge >= 0.3 is 0 Å². The summed E-state index contributed by atoms with van der Waals surface area (Å²) in [5.74, 6) is 0.513. The number of nitrogens with zero attached hydrogens (tertiary/aromatic N) is 4. The molecule has 0 unspecified atom stereocenters. The van der Waals surface area contributed by atoms with E-state index >= 15 is 0 Å². The quantitative estimate of drug-likeness (QED) is 0.736. The van der Waals surface area contributed by atoms with Crippen molar-refractivity contribution >= 4 is 17.2 Å². The summed E-state index contributed by atoms with van der Waals surface area (Å²) < 4.78 is 1.76. The number of likely N-dealkylation sites (tertiary alicyclic amines) is 1. The molecule has 0 radical (unpaired) electrons. The Labute approximate surface area is 167 Å². The lowest BCUT2D eigenvalue weighted by atomic mass is 9.90. The predicted octanol–water partition coefficient (Wildman–Crippen LogP) is 3.41. The first-order valence-corrected chi connectivity index (χ1v) is 10.6. The lowest BCUT2D eigenvalue weighted by Gasteiger charge is -2.42. The van der Waals surface area contributed by atoms with Crippen molar-refractivity contribution in [1.82, 2.24) is 19.9 Å². The summed E-state index contributed by atoms with van der Waals surface area (Å²) in [6.07, 6.45) is 4.15. The molecule has 3 atom stereocenters. The van der Waals surface area contributed by atoms with Gasteiger partial charge in [0.15, 0.2) is 0 Å². The maximum absolute atomic E-state index is 13.3. The minimum absolute atomic E-state index is 0.00304. The monoisotopic (exact) mass is 394 g/mol. The van der Waals surface area contributed by atoms with E-state index in [2.05, 4.69) is 10.3 Å². The Bertz CT molecular complexity index is 952. The van der Waals surface area contributed by atoms with Crippen LogP contribution in [0.3, 0.4) is 0 Å². The van der Waals surface area contributed by atoms with E-state index in [0.29, 0.717) is 23.8 Å². The lowest BCUT2D eigenvalue weighted by molar-refractivity contribution is -0.00165. The molecule has 3 aromatic rings. The van der Waals surface area contributed by atoms with Gasteiger partial charge in [0.25, 0.3) is 5.91 Å². The summed E-state index contributed by atoms with van der Waals surface area (Å²) in [6, 6.07) is 13.3. The number of hydrogen-bond donors (Lipinski definition) is 1. The average molecular weight is 395 g/mol. The number of aliphatic hydroxyl groups excluding tert-OH is 1. The van der Waals surface area contributed by atoms with Gasteiger partial charge in [-0.05, 0) is 29.9 Å². The topological polar surface area (TPSA) is 71.2 Å². The van der Waals surface area contributed by atoms with Crippen molar-refractivity contribution < 1.29 is 9.90 Å². The van der Waals surface area contributed by atoms with Gasteiger partial charge in [-0.2, -0.15) is 0 Å². The van der Waals surface area contributed by atoms with Crippen LogP contribution in [-0.4, -0.2) is 43.6 Å². The number of thiophene rings is 1. The molecule has 3 heterocycles. The van der Waals surface area contributed by atoms with Crippen LogP contribution >= 0.6 is 11.3 Å². The van der Waals surface area contributed by atoms with Crippen molar-refractivity contribution in [2.75, 3.05) is 6.54 Å². The second-order valence-corrected chi connectivity index (χ2v) is 8.58. The molecule has 2 aromatic heterocycles.